The highest BCUT2D eigenvalue weighted by Crippen LogP contribution is 2.45. The molecule has 24 nitrogen and oxygen atoms in total. The van der Waals surface area contributed by atoms with Gasteiger partial charge in [-0.25, -0.2) is 33.7 Å². The minimum absolute atomic E-state index is 0.113. The maximum absolute atomic E-state index is 13.2. The van der Waals surface area contributed by atoms with E-state index in [2.05, 4.69) is 78.6 Å². The van der Waals surface area contributed by atoms with Crippen molar-refractivity contribution < 1.29 is 57.4 Å². The Labute approximate surface area is 723 Å². The normalized spacial score (nSPS) is 24.8. The zero-order chi connectivity index (χ0) is 84.7. The number of aryl methyl sites for hydroxylation is 4. The lowest BCUT2D eigenvalue weighted by atomic mass is 9.84. The number of nitrogens with zero attached hydrogens (tertiary/aromatic N) is 10. The van der Waals surface area contributed by atoms with Crippen LogP contribution in [0.25, 0.3) is 0 Å². The summed E-state index contributed by atoms with van der Waals surface area (Å²) in [5.74, 6) is 2.79. The van der Waals surface area contributed by atoms with Crippen LogP contribution in [0.1, 0.15) is 176 Å². The number of carbonyl (C=O) groups excluding carboxylic acids is 1. The Morgan fingerprint density at radius 1 is 0.388 bits per heavy atom. The number of amides is 1. The molecule has 10 heterocycles. The molecule has 5 spiro atoms. The summed E-state index contributed by atoms with van der Waals surface area (Å²) < 4.78 is 136. The van der Waals surface area contributed by atoms with E-state index in [0.717, 1.165) is 182 Å². The summed E-state index contributed by atoms with van der Waals surface area (Å²) in [5.41, 5.74) is 2.92. The predicted molar refractivity (Wildman–Crippen MR) is 471 cm³/mol. The molecule has 121 heavy (non-hydrogen) atoms. The lowest BCUT2D eigenvalue weighted by Gasteiger charge is -2.47. The van der Waals surface area contributed by atoms with Crippen LogP contribution in [-0.2, 0) is 76.8 Å². The number of benzene rings is 5. The van der Waals surface area contributed by atoms with Gasteiger partial charge in [0.2, 0.25) is 46.0 Å². The Morgan fingerprint density at radius 2 is 0.727 bits per heavy atom. The zero-order valence-electron chi connectivity index (χ0n) is 72.4. The molecular weight excluding hydrogens is 1610 g/mol. The van der Waals surface area contributed by atoms with Crippen LogP contribution in [0.3, 0.4) is 0 Å². The number of sulfonamides is 4. The fourth-order valence-electron chi connectivity index (χ4n) is 20.6. The largest absolute Gasteiger partial charge is 0.358 e. The first kappa shape index (κ1) is 90.3. The van der Waals surface area contributed by atoms with Crippen molar-refractivity contribution in [1.29, 1.82) is 0 Å². The second kappa shape index (κ2) is 39.0. The summed E-state index contributed by atoms with van der Waals surface area (Å²) in [5, 5.41) is 3.32. The van der Waals surface area contributed by atoms with Crippen molar-refractivity contribution in [2.24, 2.45) is 17.8 Å². The van der Waals surface area contributed by atoms with E-state index in [9.17, 15) is 38.5 Å². The number of ether oxygens (including phenoxy) is 4. The quantitative estimate of drug-likeness (QED) is 0.0713. The van der Waals surface area contributed by atoms with Gasteiger partial charge in [-0.3, -0.25) is 14.6 Å². The molecule has 1 N–H and O–H groups in total. The molecule has 1 amide bonds. The maximum Gasteiger partial charge on any atom is 0.245 e. The molecule has 5 aromatic carbocycles. The molecule has 0 radical (unpaired) electrons. The van der Waals surface area contributed by atoms with Gasteiger partial charge in [-0.05, 0) is 169 Å². The molecule has 664 valence electrons. The van der Waals surface area contributed by atoms with Gasteiger partial charge in [-0.1, -0.05) is 134 Å². The first-order valence-corrected chi connectivity index (χ1v) is 51.3. The Bertz CT molecular complexity index is 4710. The molecule has 14 aliphatic rings. The van der Waals surface area contributed by atoms with Gasteiger partial charge in [0.25, 0.3) is 0 Å². The minimum Gasteiger partial charge on any atom is -0.358 e. The molecule has 0 atom stereocenters. The Kier molecular flexibility index (Phi) is 29.1. The van der Waals surface area contributed by atoms with Crippen LogP contribution in [0.5, 0.6) is 0 Å². The summed E-state index contributed by atoms with van der Waals surface area (Å²) >= 11 is 0. The molecule has 10 aliphatic heterocycles. The lowest BCUT2D eigenvalue weighted by Crippen LogP contribution is -2.59. The third-order valence-corrected chi connectivity index (χ3v) is 36.4. The standard InChI is InChI=1S/C20H29N3O.2C19H28N2O3S.C18H26N2O3S.C17H24N2O3S/c24-19-16-23(15-17-7-3-1-4-8-17)20(21-19)11-13-22(14-12-20)18-9-5-2-6-10-18;1-16-5-7-18(8-6-16)25(22,23)21-13-14-24-19(21)9-11-20(12-10-19)15-17-3-2-4-17;1-2-16-5-7-18(8-6-16)25(22,23)21-13-14-24-19(21)9-11-20(12-10-19)15-17-3-4-17;1-15-2-6-17(7-3-15)24(21,22)20-12-13-23-18(20)8-10-19(11-9-18)14-16-4-5-16;1-3-10-18-11-8-17(9-12-18)19(13-14-22-17)23(20,21)16-6-4-15(2)5-7-16/h1,3-4,7-8,18H,2,5-6,9-16H2,(H,21,24);2*5-8,17H,2-4,9-15H2,1H3;2-3,6-7,16H,4-5,8-14H2,1H3;3-7H,1,8-14H2,2H3. The molecule has 28 heteroatoms. The number of rotatable bonds is 20. The third kappa shape index (κ3) is 21.1. The van der Waals surface area contributed by atoms with Gasteiger partial charge in [0.15, 0.2) is 0 Å². The second-order valence-electron chi connectivity index (χ2n) is 36.8. The summed E-state index contributed by atoms with van der Waals surface area (Å²) in [6.07, 6.45) is 27.3. The van der Waals surface area contributed by atoms with Crippen molar-refractivity contribution >= 4 is 46.0 Å². The van der Waals surface area contributed by atoms with Crippen molar-refractivity contribution in [2.75, 3.05) is 151 Å². The SMILES string of the molecule is C=CCN1CCC2(CC1)OCCN2S(=O)(=O)c1ccc(C)cc1.CCc1ccc(S(=O)(=O)N2CCOC23CCN(CC2CC2)CC3)cc1.Cc1ccc(S(=O)(=O)N2CCOC23CCN(CC2CC2)CC3)cc1.Cc1ccc(S(=O)(=O)N2CCOC23CCN(CC2CCC2)CC3)cc1.O=C1CN(Cc2ccccc2)C2(CCN(C3CCCCC3)CC2)N1. The van der Waals surface area contributed by atoms with Gasteiger partial charge < -0.3 is 43.9 Å². The van der Waals surface area contributed by atoms with Crippen LogP contribution >= 0.6 is 0 Å². The zero-order valence-corrected chi connectivity index (χ0v) is 75.6. The summed E-state index contributed by atoms with van der Waals surface area (Å²) in [4.78, 5) is 28.4. The first-order chi connectivity index (χ1) is 58.3. The molecule has 14 fully saturated rings. The molecular formula is C93H135N11O13S4. The van der Waals surface area contributed by atoms with Crippen LogP contribution in [-0.4, -0.2) is 272 Å². The van der Waals surface area contributed by atoms with Crippen LogP contribution in [0.2, 0.25) is 0 Å². The van der Waals surface area contributed by atoms with E-state index in [1.807, 2.05) is 75.4 Å². The number of likely N-dealkylation sites (tertiary alicyclic amines) is 5. The van der Waals surface area contributed by atoms with Gasteiger partial charge in [0.1, 0.15) is 22.9 Å². The third-order valence-electron chi connectivity index (χ3n) is 28.6. The van der Waals surface area contributed by atoms with E-state index in [-0.39, 0.29) is 11.6 Å². The van der Waals surface area contributed by atoms with Crippen LogP contribution in [0.4, 0.5) is 0 Å². The average molecular weight is 1740 g/mol. The molecule has 4 aliphatic carbocycles. The number of piperidine rings is 5. The van der Waals surface area contributed by atoms with Crippen molar-refractivity contribution in [3.8, 4) is 0 Å². The predicted octanol–water partition coefficient (Wildman–Crippen LogP) is 12.0. The first-order valence-electron chi connectivity index (χ1n) is 45.6. The highest BCUT2D eigenvalue weighted by Gasteiger charge is 2.56. The van der Waals surface area contributed by atoms with Crippen LogP contribution < -0.4 is 5.32 Å². The molecule has 19 rings (SSSR count). The van der Waals surface area contributed by atoms with Crippen molar-refractivity contribution in [2.45, 2.75) is 236 Å². The number of hydrogen-bond donors (Lipinski definition) is 1. The molecule has 10 saturated heterocycles. The van der Waals surface area contributed by atoms with Crippen LogP contribution in [0.15, 0.2) is 160 Å². The number of hydrogen-bond acceptors (Lipinski definition) is 19. The van der Waals surface area contributed by atoms with Gasteiger partial charge >= 0.3 is 0 Å². The van der Waals surface area contributed by atoms with Crippen molar-refractivity contribution in [3.63, 3.8) is 0 Å². The van der Waals surface area contributed by atoms with E-state index >= 15 is 0 Å². The smallest absolute Gasteiger partial charge is 0.245 e. The minimum atomic E-state index is -3.52. The van der Waals surface area contributed by atoms with E-state index in [4.69, 9.17) is 18.9 Å². The van der Waals surface area contributed by atoms with Crippen LogP contribution in [0, 0.1) is 38.5 Å². The van der Waals surface area contributed by atoms with E-state index in [1.165, 1.54) is 102 Å². The molecule has 0 bridgehead atoms. The Hall–Kier alpha value is -5.45. The van der Waals surface area contributed by atoms with Crippen molar-refractivity contribution in [3.05, 3.63) is 168 Å². The number of nitrogens with one attached hydrogen (secondary N) is 1. The Morgan fingerprint density at radius 3 is 1.05 bits per heavy atom. The molecule has 0 unspecified atom stereocenters. The van der Waals surface area contributed by atoms with Gasteiger partial charge in [0, 0.05) is 182 Å². The van der Waals surface area contributed by atoms with E-state index in [1.54, 1.807) is 65.8 Å². The molecule has 4 saturated carbocycles. The van der Waals surface area contributed by atoms with Crippen molar-refractivity contribution in [1.82, 2.24) is 51.9 Å². The number of carbonyl (C=O) groups is 1. The Balaban J connectivity index is 0.000000118. The fraction of sp³-hybridized carbons (Fsp3) is 0.645. The maximum atomic E-state index is 13.2. The fourth-order valence-corrected chi connectivity index (χ4v) is 27.5. The summed E-state index contributed by atoms with van der Waals surface area (Å²) in [6, 6.07) is 39.9. The molecule has 5 aromatic rings. The van der Waals surface area contributed by atoms with Gasteiger partial charge in [-0.2, -0.15) is 17.2 Å². The highest BCUT2D eigenvalue weighted by molar-refractivity contribution is 7.90. The van der Waals surface area contributed by atoms with Gasteiger partial charge in [0.05, 0.1) is 58.2 Å². The highest BCUT2D eigenvalue weighted by atomic mass is 32.2. The summed E-state index contributed by atoms with van der Waals surface area (Å²) in [7, 11) is -14.0. The topological polar surface area (TPSA) is 235 Å². The van der Waals surface area contributed by atoms with E-state index in [0.29, 0.717) is 91.6 Å². The average Bonchev–Trinajstić information content (AvgIpc) is 1.66. The monoisotopic (exact) mass is 1740 g/mol. The van der Waals surface area contributed by atoms with E-state index < -0.39 is 63.0 Å². The molecule has 0 aromatic heterocycles. The van der Waals surface area contributed by atoms with Gasteiger partial charge in [-0.15, -0.1) is 6.58 Å². The lowest BCUT2D eigenvalue weighted by molar-refractivity contribution is -0.119. The second-order valence-corrected chi connectivity index (χ2v) is 44.3. The summed E-state index contributed by atoms with van der Waals surface area (Å²) in [6.45, 7) is 30.7.